The molecule has 25 heavy (non-hydrogen) atoms. The summed E-state index contributed by atoms with van der Waals surface area (Å²) in [6.07, 6.45) is 2.55. The third kappa shape index (κ3) is 2.67. The Morgan fingerprint density at radius 2 is 1.72 bits per heavy atom. The molecule has 0 unspecified atom stereocenters. The van der Waals surface area contributed by atoms with Crippen molar-refractivity contribution in [3.8, 4) is 22.4 Å². The highest BCUT2D eigenvalue weighted by Crippen LogP contribution is 2.34. The molecule has 3 heterocycles. The lowest BCUT2D eigenvalue weighted by atomic mass is 9.98. The summed E-state index contributed by atoms with van der Waals surface area (Å²) in [5, 5.41) is 0.617. The molecule has 4 rings (SSSR count). The fourth-order valence-electron chi connectivity index (χ4n) is 2.74. The van der Waals surface area contributed by atoms with E-state index in [1.165, 1.54) is 24.4 Å². The number of aromatic nitrogens is 3. The van der Waals surface area contributed by atoms with Gasteiger partial charge in [0.1, 0.15) is 17.3 Å². The van der Waals surface area contributed by atoms with Gasteiger partial charge in [-0.3, -0.25) is 9.78 Å². The zero-order valence-corrected chi connectivity index (χ0v) is 12.8. The van der Waals surface area contributed by atoms with E-state index in [2.05, 4.69) is 15.0 Å². The molecule has 0 atom stereocenters. The first-order valence-corrected chi connectivity index (χ1v) is 7.52. The number of benzene rings is 1. The Bertz CT molecular complexity index is 1150. The fourth-order valence-corrected chi connectivity index (χ4v) is 2.74. The van der Waals surface area contributed by atoms with Crippen LogP contribution in [0.1, 0.15) is 0 Å². The van der Waals surface area contributed by atoms with Crippen molar-refractivity contribution in [2.75, 3.05) is 0 Å². The van der Waals surface area contributed by atoms with E-state index in [4.69, 9.17) is 0 Å². The lowest BCUT2D eigenvalue weighted by Crippen LogP contribution is -2.05. The van der Waals surface area contributed by atoms with Gasteiger partial charge < -0.3 is 4.98 Å². The highest BCUT2D eigenvalue weighted by atomic mass is 19.1. The van der Waals surface area contributed by atoms with Crippen molar-refractivity contribution in [3.05, 3.63) is 82.9 Å². The maximum absolute atomic E-state index is 14.3. The highest BCUT2D eigenvalue weighted by molar-refractivity contribution is 5.90. The van der Waals surface area contributed by atoms with Crippen LogP contribution < -0.4 is 5.56 Å². The van der Waals surface area contributed by atoms with Crippen molar-refractivity contribution in [2.24, 2.45) is 0 Å². The molecule has 0 spiro atoms. The molecular weight excluding hydrogens is 324 g/mol. The first kappa shape index (κ1) is 15.1. The van der Waals surface area contributed by atoms with Gasteiger partial charge in [0, 0.05) is 34.3 Å². The van der Waals surface area contributed by atoms with Crippen LogP contribution in [0.5, 0.6) is 0 Å². The molecule has 6 heteroatoms. The average Bonchev–Trinajstić information content (AvgIpc) is 2.62. The number of halogens is 2. The molecule has 0 aliphatic carbocycles. The second-order valence-corrected chi connectivity index (χ2v) is 5.48. The van der Waals surface area contributed by atoms with E-state index in [1.54, 1.807) is 30.3 Å². The number of H-pyrrole nitrogens is 1. The fraction of sp³-hybridized carbons (Fsp3) is 0. The van der Waals surface area contributed by atoms with Gasteiger partial charge in [-0.1, -0.05) is 12.1 Å². The molecule has 122 valence electrons. The quantitative estimate of drug-likeness (QED) is 0.604. The lowest BCUT2D eigenvalue weighted by Gasteiger charge is -2.12. The molecule has 1 N–H and O–H groups in total. The topological polar surface area (TPSA) is 58.6 Å². The summed E-state index contributed by atoms with van der Waals surface area (Å²) < 4.78 is 28.6. The van der Waals surface area contributed by atoms with E-state index in [0.717, 1.165) is 6.20 Å². The van der Waals surface area contributed by atoms with Crippen LogP contribution >= 0.6 is 0 Å². The number of aromatic amines is 1. The van der Waals surface area contributed by atoms with Gasteiger partial charge in [0.05, 0.1) is 11.9 Å². The Balaban J connectivity index is 2.11. The maximum Gasteiger partial charge on any atom is 0.249 e. The Kier molecular flexibility index (Phi) is 3.57. The third-order valence-electron chi connectivity index (χ3n) is 3.90. The SMILES string of the molecule is O=c1ccc2cc(-c3ccncc3F)c(-c3ccccc3F)nc2[nH]1. The van der Waals surface area contributed by atoms with Gasteiger partial charge in [-0.15, -0.1) is 0 Å². The van der Waals surface area contributed by atoms with Crippen molar-refractivity contribution in [1.29, 1.82) is 0 Å². The number of hydrogen-bond donors (Lipinski definition) is 1. The van der Waals surface area contributed by atoms with Crippen molar-refractivity contribution in [3.63, 3.8) is 0 Å². The molecule has 0 aliphatic heterocycles. The third-order valence-corrected chi connectivity index (χ3v) is 3.90. The minimum atomic E-state index is -0.536. The monoisotopic (exact) mass is 335 g/mol. The van der Waals surface area contributed by atoms with Gasteiger partial charge in [0.2, 0.25) is 5.56 Å². The van der Waals surface area contributed by atoms with Crippen LogP contribution in [0.15, 0.2) is 65.7 Å². The van der Waals surface area contributed by atoms with Crippen molar-refractivity contribution < 1.29 is 8.78 Å². The second kappa shape index (κ2) is 5.90. The summed E-state index contributed by atoms with van der Waals surface area (Å²) >= 11 is 0. The van der Waals surface area contributed by atoms with Gasteiger partial charge >= 0.3 is 0 Å². The molecule has 0 bridgehead atoms. The molecule has 0 radical (unpaired) electrons. The van der Waals surface area contributed by atoms with Gasteiger partial charge in [-0.05, 0) is 30.3 Å². The Morgan fingerprint density at radius 3 is 2.52 bits per heavy atom. The molecular formula is C19H11F2N3O. The van der Waals surface area contributed by atoms with Crippen LogP contribution in [0.25, 0.3) is 33.4 Å². The van der Waals surface area contributed by atoms with Crippen LogP contribution in [0, 0.1) is 11.6 Å². The molecule has 4 aromatic rings. The van der Waals surface area contributed by atoms with Crippen LogP contribution in [-0.4, -0.2) is 15.0 Å². The van der Waals surface area contributed by atoms with Gasteiger partial charge in [0.15, 0.2) is 0 Å². The van der Waals surface area contributed by atoms with Gasteiger partial charge in [-0.2, -0.15) is 0 Å². The van der Waals surface area contributed by atoms with Crippen molar-refractivity contribution >= 4 is 11.0 Å². The van der Waals surface area contributed by atoms with E-state index < -0.39 is 11.6 Å². The number of nitrogens with one attached hydrogen (secondary N) is 1. The Labute approximate surface area is 140 Å². The number of fused-ring (bicyclic) bond motifs is 1. The highest BCUT2D eigenvalue weighted by Gasteiger charge is 2.17. The lowest BCUT2D eigenvalue weighted by molar-refractivity contribution is 0.624. The molecule has 0 fully saturated rings. The summed E-state index contributed by atoms with van der Waals surface area (Å²) in [7, 11) is 0. The maximum atomic E-state index is 14.3. The second-order valence-electron chi connectivity index (χ2n) is 5.48. The van der Waals surface area contributed by atoms with E-state index in [9.17, 15) is 13.6 Å². The van der Waals surface area contributed by atoms with Gasteiger partial charge in [-0.25, -0.2) is 13.8 Å². The zero-order chi connectivity index (χ0) is 17.4. The van der Waals surface area contributed by atoms with Crippen LogP contribution in [-0.2, 0) is 0 Å². The Morgan fingerprint density at radius 1 is 0.880 bits per heavy atom. The molecule has 0 saturated heterocycles. The summed E-state index contributed by atoms with van der Waals surface area (Å²) in [6.45, 7) is 0. The van der Waals surface area contributed by atoms with Crippen LogP contribution in [0.3, 0.4) is 0 Å². The zero-order valence-electron chi connectivity index (χ0n) is 12.8. The van der Waals surface area contributed by atoms with Crippen molar-refractivity contribution in [2.45, 2.75) is 0 Å². The number of pyridine rings is 3. The summed E-state index contributed by atoms with van der Waals surface area (Å²) in [6, 6.07) is 12.2. The predicted molar refractivity (Wildman–Crippen MR) is 90.9 cm³/mol. The predicted octanol–water partition coefficient (Wildman–Crippen LogP) is 3.93. The molecule has 0 amide bonds. The van der Waals surface area contributed by atoms with E-state index >= 15 is 0 Å². The number of hydrogen-bond acceptors (Lipinski definition) is 3. The molecule has 0 aliphatic rings. The first-order valence-electron chi connectivity index (χ1n) is 7.52. The minimum Gasteiger partial charge on any atom is -0.307 e. The van der Waals surface area contributed by atoms with Crippen LogP contribution in [0.4, 0.5) is 8.78 Å². The molecule has 4 nitrogen and oxygen atoms in total. The van der Waals surface area contributed by atoms with E-state index in [1.807, 2.05) is 0 Å². The van der Waals surface area contributed by atoms with Gasteiger partial charge in [0.25, 0.3) is 0 Å². The normalized spacial score (nSPS) is 11.0. The molecule has 0 saturated carbocycles. The summed E-state index contributed by atoms with van der Waals surface area (Å²) in [5.41, 5.74) is 1.14. The average molecular weight is 335 g/mol. The standard InChI is InChI=1S/C19H11F2N3O/c20-15-4-2-1-3-13(15)18-14(12-7-8-22-10-16(12)21)9-11-5-6-17(25)23-19(11)24-18/h1-10H,(H,23,24,25). The van der Waals surface area contributed by atoms with E-state index in [-0.39, 0.29) is 22.4 Å². The first-order chi connectivity index (χ1) is 12.1. The van der Waals surface area contributed by atoms with Crippen LogP contribution in [0.2, 0.25) is 0 Å². The Hall–Kier alpha value is -3.41. The smallest absolute Gasteiger partial charge is 0.249 e. The number of nitrogens with zero attached hydrogens (tertiary/aromatic N) is 2. The summed E-state index contributed by atoms with van der Waals surface area (Å²) in [5.74, 6) is -1.02. The molecule has 3 aromatic heterocycles. The summed E-state index contributed by atoms with van der Waals surface area (Å²) in [4.78, 5) is 22.3. The van der Waals surface area contributed by atoms with E-state index in [0.29, 0.717) is 16.6 Å². The molecule has 1 aromatic carbocycles. The minimum absolute atomic E-state index is 0.223. The largest absolute Gasteiger partial charge is 0.307 e. The van der Waals surface area contributed by atoms with Crippen molar-refractivity contribution in [1.82, 2.24) is 15.0 Å². The number of rotatable bonds is 2.